The zero-order valence-corrected chi connectivity index (χ0v) is 19.0. The number of aromatic nitrogens is 1. The molecule has 1 aliphatic rings. The van der Waals surface area contributed by atoms with Crippen molar-refractivity contribution in [2.45, 2.75) is 26.3 Å². The third-order valence-corrected chi connectivity index (χ3v) is 6.05. The van der Waals surface area contributed by atoms with Gasteiger partial charge in [-0.2, -0.15) is 5.26 Å². The van der Waals surface area contributed by atoms with E-state index in [1.807, 2.05) is 49.4 Å². The average molecular weight is 445 g/mol. The molecule has 1 N–H and O–H groups in total. The Labute approximate surface area is 193 Å². The van der Waals surface area contributed by atoms with E-state index in [-0.39, 0.29) is 11.8 Å². The minimum atomic E-state index is -0.0443. The van der Waals surface area contributed by atoms with Crippen LogP contribution in [0.1, 0.15) is 30.9 Å². The number of hydrogen-bond acceptors (Lipinski definition) is 6. The molecule has 0 unspecified atom stereocenters. The molecule has 1 fully saturated rings. The molecule has 0 saturated carbocycles. The molecule has 1 amide bonds. The first-order valence-corrected chi connectivity index (χ1v) is 11.2. The Morgan fingerprint density at radius 3 is 2.58 bits per heavy atom. The van der Waals surface area contributed by atoms with Gasteiger partial charge in [0.25, 0.3) is 0 Å². The summed E-state index contributed by atoms with van der Waals surface area (Å²) < 4.78 is 10.8. The van der Waals surface area contributed by atoms with E-state index in [2.05, 4.69) is 21.3 Å². The summed E-state index contributed by atoms with van der Waals surface area (Å²) in [4.78, 5) is 19.4. The lowest BCUT2D eigenvalue weighted by atomic mass is 9.94. The molecular formula is C26H28N4O3. The Morgan fingerprint density at radius 2 is 1.91 bits per heavy atom. The molecular weight excluding hydrogens is 416 g/mol. The smallest absolute Gasteiger partial charge is 0.223 e. The van der Waals surface area contributed by atoms with Gasteiger partial charge in [-0.05, 0) is 55.7 Å². The molecule has 2 aromatic carbocycles. The van der Waals surface area contributed by atoms with Crippen molar-refractivity contribution in [1.29, 1.82) is 5.26 Å². The minimum Gasteiger partial charge on any atom is -0.497 e. The van der Waals surface area contributed by atoms with Crippen LogP contribution in [-0.2, 0) is 11.3 Å². The van der Waals surface area contributed by atoms with E-state index in [1.54, 1.807) is 13.3 Å². The Kier molecular flexibility index (Phi) is 6.94. The van der Waals surface area contributed by atoms with Crippen molar-refractivity contribution in [3.05, 3.63) is 59.8 Å². The summed E-state index contributed by atoms with van der Waals surface area (Å²) in [5.41, 5.74) is 3.28. The van der Waals surface area contributed by atoms with E-state index in [9.17, 15) is 10.1 Å². The van der Waals surface area contributed by atoms with Crippen LogP contribution in [0.5, 0.6) is 11.5 Å². The van der Waals surface area contributed by atoms with Gasteiger partial charge in [0.1, 0.15) is 17.6 Å². The van der Waals surface area contributed by atoms with Gasteiger partial charge >= 0.3 is 0 Å². The highest BCUT2D eigenvalue weighted by atomic mass is 16.5. The molecule has 170 valence electrons. The van der Waals surface area contributed by atoms with E-state index in [4.69, 9.17) is 9.47 Å². The lowest BCUT2D eigenvalue weighted by Crippen LogP contribution is -2.40. The summed E-state index contributed by atoms with van der Waals surface area (Å²) in [6, 6.07) is 15.7. The second-order valence-electron chi connectivity index (χ2n) is 8.07. The fourth-order valence-electron chi connectivity index (χ4n) is 4.28. The van der Waals surface area contributed by atoms with Crippen LogP contribution in [0.4, 0.5) is 5.69 Å². The van der Waals surface area contributed by atoms with E-state index in [1.165, 1.54) is 0 Å². The predicted octanol–water partition coefficient (Wildman–Crippen LogP) is 4.05. The zero-order chi connectivity index (χ0) is 23.2. The number of methoxy groups -OCH3 is 1. The number of nitrogens with one attached hydrogen (secondary N) is 1. The summed E-state index contributed by atoms with van der Waals surface area (Å²) >= 11 is 0. The maximum Gasteiger partial charge on any atom is 0.223 e. The number of ether oxygens (including phenoxy) is 2. The number of amides is 1. The van der Waals surface area contributed by atoms with Crippen LogP contribution in [-0.4, -0.2) is 37.7 Å². The van der Waals surface area contributed by atoms with Crippen LogP contribution in [0.3, 0.4) is 0 Å². The SMILES string of the molecule is CCOc1ccc2ncc(C#N)c(N3CCC(C(=O)NCc4ccc(OC)cc4)CC3)c2c1. The molecule has 0 spiro atoms. The van der Waals surface area contributed by atoms with E-state index < -0.39 is 0 Å². The average Bonchev–Trinajstić information content (AvgIpc) is 2.87. The lowest BCUT2D eigenvalue weighted by molar-refractivity contribution is -0.125. The van der Waals surface area contributed by atoms with Crippen molar-refractivity contribution in [2.75, 3.05) is 31.7 Å². The van der Waals surface area contributed by atoms with Crippen molar-refractivity contribution in [1.82, 2.24) is 10.3 Å². The van der Waals surface area contributed by atoms with Crippen LogP contribution in [0, 0.1) is 17.2 Å². The largest absolute Gasteiger partial charge is 0.497 e. The van der Waals surface area contributed by atoms with Gasteiger partial charge in [0.05, 0.1) is 30.5 Å². The number of benzene rings is 2. The number of hydrogen-bond donors (Lipinski definition) is 1. The number of anilines is 1. The molecule has 1 aliphatic heterocycles. The first kappa shape index (κ1) is 22.4. The van der Waals surface area contributed by atoms with Crippen LogP contribution < -0.4 is 19.7 Å². The fraction of sp³-hybridized carbons (Fsp3) is 0.346. The molecule has 0 aliphatic carbocycles. The Bertz CT molecular complexity index is 1160. The highest BCUT2D eigenvalue weighted by Crippen LogP contribution is 2.34. The topological polar surface area (TPSA) is 87.5 Å². The first-order valence-electron chi connectivity index (χ1n) is 11.2. The van der Waals surface area contributed by atoms with Crippen molar-refractivity contribution < 1.29 is 14.3 Å². The molecule has 33 heavy (non-hydrogen) atoms. The number of pyridine rings is 1. The Hall–Kier alpha value is -3.79. The standard InChI is InChI=1S/C26H28N4O3/c1-3-33-22-8-9-24-23(14-22)25(20(15-27)17-28-24)30-12-10-19(11-13-30)26(31)29-16-18-4-6-21(32-2)7-5-18/h4-9,14,17,19H,3,10-13,16H2,1-2H3,(H,29,31). The van der Waals surface area contributed by atoms with Crippen molar-refractivity contribution in [3.63, 3.8) is 0 Å². The molecule has 7 heteroatoms. The fourth-order valence-corrected chi connectivity index (χ4v) is 4.28. The number of nitrogens with zero attached hydrogens (tertiary/aromatic N) is 3. The highest BCUT2D eigenvalue weighted by molar-refractivity contribution is 5.95. The Balaban J connectivity index is 1.44. The monoisotopic (exact) mass is 444 g/mol. The predicted molar refractivity (Wildman–Crippen MR) is 127 cm³/mol. The maximum atomic E-state index is 12.8. The van der Waals surface area contributed by atoms with Crippen molar-refractivity contribution in [2.24, 2.45) is 5.92 Å². The van der Waals surface area contributed by atoms with Crippen molar-refractivity contribution >= 4 is 22.5 Å². The molecule has 0 bridgehead atoms. The number of rotatable bonds is 7. The highest BCUT2D eigenvalue weighted by Gasteiger charge is 2.27. The van der Waals surface area contributed by atoms with Gasteiger partial charge in [-0.3, -0.25) is 9.78 Å². The van der Waals surface area contributed by atoms with Gasteiger partial charge < -0.3 is 19.7 Å². The molecule has 2 heterocycles. The van der Waals surface area contributed by atoms with Crippen LogP contribution in [0.25, 0.3) is 10.9 Å². The molecule has 0 atom stereocenters. The summed E-state index contributed by atoms with van der Waals surface area (Å²) in [6.07, 6.45) is 3.09. The second kappa shape index (κ2) is 10.2. The van der Waals surface area contributed by atoms with E-state index in [0.717, 1.165) is 46.5 Å². The van der Waals surface area contributed by atoms with Crippen LogP contribution in [0.2, 0.25) is 0 Å². The van der Waals surface area contributed by atoms with E-state index in [0.29, 0.717) is 31.8 Å². The number of piperidine rings is 1. The number of carbonyl (C=O) groups is 1. The van der Waals surface area contributed by atoms with Gasteiger partial charge in [-0.1, -0.05) is 12.1 Å². The summed E-state index contributed by atoms with van der Waals surface area (Å²) in [5, 5.41) is 13.7. The van der Waals surface area contributed by atoms with Gasteiger partial charge in [0.2, 0.25) is 5.91 Å². The number of nitriles is 1. The molecule has 0 radical (unpaired) electrons. The van der Waals surface area contributed by atoms with Crippen molar-refractivity contribution in [3.8, 4) is 17.6 Å². The van der Waals surface area contributed by atoms with Gasteiger partial charge in [-0.15, -0.1) is 0 Å². The molecule has 1 saturated heterocycles. The van der Waals surface area contributed by atoms with Gasteiger partial charge in [-0.25, -0.2) is 0 Å². The first-order chi connectivity index (χ1) is 16.1. The number of carbonyl (C=O) groups excluding carboxylic acids is 1. The lowest BCUT2D eigenvalue weighted by Gasteiger charge is -2.34. The minimum absolute atomic E-state index is 0.0443. The number of fused-ring (bicyclic) bond motifs is 1. The molecule has 1 aromatic heterocycles. The van der Waals surface area contributed by atoms with Gasteiger partial charge in [0.15, 0.2) is 0 Å². The second-order valence-corrected chi connectivity index (χ2v) is 8.07. The quantitative estimate of drug-likeness (QED) is 0.592. The van der Waals surface area contributed by atoms with E-state index >= 15 is 0 Å². The maximum absolute atomic E-state index is 12.8. The summed E-state index contributed by atoms with van der Waals surface area (Å²) in [5.74, 6) is 1.59. The molecule has 3 aromatic rings. The summed E-state index contributed by atoms with van der Waals surface area (Å²) in [6.45, 7) is 4.42. The third kappa shape index (κ3) is 5.01. The summed E-state index contributed by atoms with van der Waals surface area (Å²) in [7, 11) is 1.63. The molecule has 7 nitrogen and oxygen atoms in total. The van der Waals surface area contributed by atoms with Gasteiger partial charge in [0, 0.05) is 37.1 Å². The zero-order valence-electron chi connectivity index (χ0n) is 19.0. The third-order valence-electron chi connectivity index (χ3n) is 6.05. The molecule has 4 rings (SSSR count). The van der Waals surface area contributed by atoms with Crippen LogP contribution in [0.15, 0.2) is 48.7 Å². The van der Waals surface area contributed by atoms with Crippen LogP contribution >= 0.6 is 0 Å². The Morgan fingerprint density at radius 1 is 1.18 bits per heavy atom. The normalized spacial score (nSPS) is 14.0.